The quantitative estimate of drug-likeness (QED) is 0.656. The highest BCUT2D eigenvalue weighted by Crippen LogP contribution is 2.16. The lowest BCUT2D eigenvalue weighted by molar-refractivity contribution is 0.269. The largest absolute Gasteiger partial charge is 0.394 e. The molecule has 94 valence electrons. The van der Waals surface area contributed by atoms with Crippen molar-refractivity contribution in [1.82, 2.24) is 0 Å². The van der Waals surface area contributed by atoms with Gasteiger partial charge in [0.2, 0.25) is 0 Å². The van der Waals surface area contributed by atoms with E-state index in [1.807, 2.05) is 54.6 Å². The SMILES string of the molecule is C#Cc1ccc(C=N[C@@H](CO)c2ccccc2)cc1. The average Bonchev–Trinajstić information content (AvgIpc) is 2.49. The fourth-order valence-corrected chi connectivity index (χ4v) is 1.76. The minimum atomic E-state index is -0.228. The van der Waals surface area contributed by atoms with Gasteiger partial charge in [-0.1, -0.05) is 48.4 Å². The summed E-state index contributed by atoms with van der Waals surface area (Å²) in [6.07, 6.45) is 7.06. The molecule has 0 saturated carbocycles. The molecule has 0 bridgehead atoms. The van der Waals surface area contributed by atoms with E-state index in [4.69, 9.17) is 6.42 Å². The molecule has 2 nitrogen and oxygen atoms in total. The zero-order valence-corrected chi connectivity index (χ0v) is 10.5. The van der Waals surface area contributed by atoms with Gasteiger partial charge in [0.05, 0.1) is 12.6 Å². The van der Waals surface area contributed by atoms with Crippen LogP contribution in [-0.2, 0) is 0 Å². The van der Waals surface area contributed by atoms with E-state index in [9.17, 15) is 5.11 Å². The highest BCUT2D eigenvalue weighted by molar-refractivity contribution is 5.80. The second-order valence-corrected chi connectivity index (χ2v) is 4.15. The van der Waals surface area contributed by atoms with E-state index in [0.29, 0.717) is 0 Å². The first kappa shape index (κ1) is 13.1. The second-order valence-electron chi connectivity index (χ2n) is 4.15. The van der Waals surface area contributed by atoms with Crippen molar-refractivity contribution in [2.75, 3.05) is 6.61 Å². The normalized spacial score (nSPS) is 12.2. The van der Waals surface area contributed by atoms with E-state index in [-0.39, 0.29) is 12.6 Å². The van der Waals surface area contributed by atoms with Gasteiger partial charge in [-0.15, -0.1) is 6.42 Å². The third kappa shape index (κ3) is 3.54. The summed E-state index contributed by atoms with van der Waals surface area (Å²) in [7, 11) is 0. The van der Waals surface area contributed by atoms with Gasteiger partial charge < -0.3 is 5.11 Å². The van der Waals surface area contributed by atoms with Gasteiger partial charge in [0, 0.05) is 11.8 Å². The molecule has 2 aromatic rings. The Morgan fingerprint density at radius 3 is 2.37 bits per heavy atom. The number of hydrogen-bond acceptors (Lipinski definition) is 2. The van der Waals surface area contributed by atoms with Crippen molar-refractivity contribution in [3.05, 3.63) is 71.3 Å². The summed E-state index contributed by atoms with van der Waals surface area (Å²) < 4.78 is 0. The Morgan fingerprint density at radius 1 is 1.11 bits per heavy atom. The van der Waals surface area contributed by atoms with Crippen LogP contribution in [-0.4, -0.2) is 17.9 Å². The van der Waals surface area contributed by atoms with Gasteiger partial charge in [0.1, 0.15) is 0 Å². The molecule has 0 radical (unpaired) electrons. The van der Waals surface area contributed by atoms with Gasteiger partial charge in [-0.25, -0.2) is 0 Å². The molecule has 0 heterocycles. The number of aliphatic hydroxyl groups is 1. The number of benzene rings is 2. The van der Waals surface area contributed by atoms with Gasteiger partial charge in [0.15, 0.2) is 0 Å². The zero-order chi connectivity index (χ0) is 13.5. The highest BCUT2D eigenvalue weighted by atomic mass is 16.3. The molecule has 2 rings (SSSR count). The molecule has 2 heteroatoms. The molecular formula is C17H15NO. The third-order valence-corrected chi connectivity index (χ3v) is 2.84. The van der Waals surface area contributed by atoms with Gasteiger partial charge in [-0.05, 0) is 23.3 Å². The maximum atomic E-state index is 9.40. The van der Waals surface area contributed by atoms with Crippen molar-refractivity contribution in [2.45, 2.75) is 6.04 Å². The van der Waals surface area contributed by atoms with Crippen LogP contribution >= 0.6 is 0 Å². The van der Waals surface area contributed by atoms with E-state index in [2.05, 4.69) is 10.9 Å². The van der Waals surface area contributed by atoms with Crippen molar-refractivity contribution in [3.8, 4) is 12.3 Å². The lowest BCUT2D eigenvalue weighted by atomic mass is 10.1. The van der Waals surface area contributed by atoms with Crippen LogP contribution in [0.4, 0.5) is 0 Å². The average molecular weight is 249 g/mol. The van der Waals surface area contributed by atoms with Crippen LogP contribution in [0.15, 0.2) is 59.6 Å². The van der Waals surface area contributed by atoms with E-state index in [1.165, 1.54) is 0 Å². The molecule has 0 fully saturated rings. The molecule has 0 spiro atoms. The van der Waals surface area contributed by atoms with Crippen molar-refractivity contribution >= 4 is 6.21 Å². The smallest absolute Gasteiger partial charge is 0.0979 e. The summed E-state index contributed by atoms with van der Waals surface area (Å²) in [6, 6.07) is 17.1. The van der Waals surface area contributed by atoms with Gasteiger partial charge in [0.25, 0.3) is 0 Å². The standard InChI is InChI=1S/C17H15NO/c1-2-14-8-10-15(11-9-14)12-18-17(13-19)16-6-4-3-5-7-16/h1,3-12,17,19H,13H2/t17-/m0/s1. The molecule has 0 aromatic heterocycles. The fraction of sp³-hybridized carbons (Fsp3) is 0.118. The first-order valence-electron chi connectivity index (χ1n) is 6.09. The van der Waals surface area contributed by atoms with Crippen molar-refractivity contribution in [1.29, 1.82) is 0 Å². The van der Waals surface area contributed by atoms with E-state index in [1.54, 1.807) is 6.21 Å². The number of hydrogen-bond donors (Lipinski definition) is 1. The summed E-state index contributed by atoms with van der Waals surface area (Å²) in [4.78, 5) is 4.41. The van der Waals surface area contributed by atoms with Crippen LogP contribution in [0.1, 0.15) is 22.7 Å². The third-order valence-electron chi connectivity index (χ3n) is 2.84. The molecule has 0 aliphatic heterocycles. The number of rotatable bonds is 4. The molecule has 0 unspecified atom stereocenters. The minimum Gasteiger partial charge on any atom is -0.394 e. The number of terminal acetylenes is 1. The first-order valence-corrected chi connectivity index (χ1v) is 6.09. The maximum absolute atomic E-state index is 9.40. The molecule has 0 amide bonds. The molecule has 2 aromatic carbocycles. The number of aliphatic hydroxyl groups excluding tert-OH is 1. The Kier molecular flexibility index (Phi) is 4.49. The van der Waals surface area contributed by atoms with Crippen LogP contribution < -0.4 is 0 Å². The van der Waals surface area contributed by atoms with Crippen LogP contribution in [0.3, 0.4) is 0 Å². The Morgan fingerprint density at radius 2 is 1.79 bits per heavy atom. The molecule has 0 aliphatic carbocycles. The number of aliphatic imine (C=N–C) groups is 1. The number of nitrogens with zero attached hydrogens (tertiary/aromatic N) is 1. The van der Waals surface area contributed by atoms with Gasteiger partial charge in [-0.3, -0.25) is 4.99 Å². The Balaban J connectivity index is 2.14. The van der Waals surface area contributed by atoms with E-state index in [0.717, 1.165) is 16.7 Å². The summed E-state index contributed by atoms with van der Waals surface area (Å²) in [5, 5.41) is 9.40. The predicted octanol–water partition coefficient (Wildman–Crippen LogP) is 2.82. The first-order chi connectivity index (χ1) is 9.33. The summed E-state index contributed by atoms with van der Waals surface area (Å²) >= 11 is 0. The zero-order valence-electron chi connectivity index (χ0n) is 10.5. The predicted molar refractivity (Wildman–Crippen MR) is 78.2 cm³/mol. The van der Waals surface area contributed by atoms with Crippen molar-refractivity contribution < 1.29 is 5.11 Å². The topological polar surface area (TPSA) is 32.6 Å². The van der Waals surface area contributed by atoms with E-state index < -0.39 is 0 Å². The van der Waals surface area contributed by atoms with Crippen molar-refractivity contribution in [3.63, 3.8) is 0 Å². The van der Waals surface area contributed by atoms with E-state index >= 15 is 0 Å². The molecule has 19 heavy (non-hydrogen) atoms. The fourth-order valence-electron chi connectivity index (χ4n) is 1.76. The van der Waals surface area contributed by atoms with Gasteiger partial charge >= 0.3 is 0 Å². The van der Waals surface area contributed by atoms with Crippen LogP contribution in [0.2, 0.25) is 0 Å². The Labute approximate surface area is 113 Å². The Hall–Kier alpha value is -2.37. The van der Waals surface area contributed by atoms with Crippen molar-refractivity contribution in [2.24, 2.45) is 4.99 Å². The lowest BCUT2D eigenvalue weighted by Gasteiger charge is -2.08. The molecule has 0 aliphatic rings. The molecule has 1 atom stereocenters. The Bertz CT molecular complexity index is 579. The summed E-state index contributed by atoms with van der Waals surface area (Å²) in [5.74, 6) is 2.57. The van der Waals surface area contributed by atoms with Gasteiger partial charge in [-0.2, -0.15) is 0 Å². The van der Waals surface area contributed by atoms with Crippen LogP contribution in [0.5, 0.6) is 0 Å². The molecule has 1 N–H and O–H groups in total. The minimum absolute atomic E-state index is 0.0110. The maximum Gasteiger partial charge on any atom is 0.0979 e. The van der Waals surface area contributed by atoms with Crippen LogP contribution in [0, 0.1) is 12.3 Å². The molecular weight excluding hydrogens is 234 g/mol. The lowest BCUT2D eigenvalue weighted by Crippen LogP contribution is -2.01. The highest BCUT2D eigenvalue weighted by Gasteiger charge is 2.06. The summed E-state index contributed by atoms with van der Waals surface area (Å²) in [6.45, 7) is -0.0110. The molecule has 0 saturated heterocycles. The monoisotopic (exact) mass is 249 g/mol. The van der Waals surface area contributed by atoms with Crippen LogP contribution in [0.25, 0.3) is 0 Å². The summed E-state index contributed by atoms with van der Waals surface area (Å²) in [5.41, 5.74) is 2.81. The second kappa shape index (κ2) is 6.53.